The normalized spacial score (nSPS) is 21.5. The third-order valence-electron chi connectivity index (χ3n) is 6.27. The summed E-state index contributed by atoms with van der Waals surface area (Å²) in [5.41, 5.74) is 0.850. The summed E-state index contributed by atoms with van der Waals surface area (Å²) in [5.74, 6) is -0.0429. The van der Waals surface area contributed by atoms with E-state index in [1.807, 2.05) is 12.1 Å². The molecule has 2 aromatic carbocycles. The molecule has 1 heterocycles. The molecule has 154 valence electrons. The second-order valence-corrected chi connectivity index (χ2v) is 8.17. The summed E-state index contributed by atoms with van der Waals surface area (Å²) in [7, 11) is 0. The highest BCUT2D eigenvalue weighted by molar-refractivity contribution is 5.94. The maximum Gasteiger partial charge on any atom is 0.416 e. The molecular weight excluding hydrogens is 379 g/mol. The van der Waals surface area contributed by atoms with Crippen molar-refractivity contribution in [2.24, 2.45) is 0 Å². The second kappa shape index (κ2) is 7.48. The van der Waals surface area contributed by atoms with Crippen LogP contribution < -0.4 is 0 Å². The van der Waals surface area contributed by atoms with E-state index in [-0.39, 0.29) is 11.8 Å². The van der Waals surface area contributed by atoms with Crippen molar-refractivity contribution in [3.05, 3.63) is 70.8 Å². The number of amides is 1. The number of rotatable bonds is 3. The maximum absolute atomic E-state index is 12.9. The van der Waals surface area contributed by atoms with Crippen molar-refractivity contribution in [3.8, 4) is 0 Å². The van der Waals surface area contributed by atoms with E-state index in [1.165, 1.54) is 12.1 Å². The van der Waals surface area contributed by atoms with E-state index in [0.717, 1.165) is 55.4 Å². The fourth-order valence-corrected chi connectivity index (χ4v) is 4.28. The van der Waals surface area contributed by atoms with E-state index < -0.39 is 17.3 Å². The number of hydrogen-bond donors (Lipinski definition) is 1. The van der Waals surface area contributed by atoms with Crippen molar-refractivity contribution < 1.29 is 23.1 Å². The Labute approximate surface area is 168 Å². The molecule has 1 saturated heterocycles. The lowest BCUT2D eigenvalue weighted by atomic mass is 9.75. The lowest BCUT2D eigenvalue weighted by Crippen LogP contribution is -2.39. The van der Waals surface area contributed by atoms with Gasteiger partial charge in [0, 0.05) is 24.6 Å². The van der Waals surface area contributed by atoms with Crippen LogP contribution in [0.2, 0.25) is 0 Å². The fraction of sp³-hybridized carbons (Fsp3) is 0.435. The van der Waals surface area contributed by atoms with Crippen molar-refractivity contribution >= 4 is 5.91 Å². The summed E-state index contributed by atoms with van der Waals surface area (Å²) in [4.78, 5) is 14.7. The number of nitrogens with zero attached hydrogens (tertiary/aromatic N) is 1. The molecular formula is C23H24F3NO2. The summed E-state index contributed by atoms with van der Waals surface area (Å²) >= 11 is 0. The van der Waals surface area contributed by atoms with Crippen LogP contribution in [0.3, 0.4) is 0 Å². The van der Waals surface area contributed by atoms with E-state index in [4.69, 9.17) is 0 Å². The fourth-order valence-electron chi connectivity index (χ4n) is 4.28. The van der Waals surface area contributed by atoms with E-state index in [1.54, 1.807) is 17.0 Å². The van der Waals surface area contributed by atoms with Gasteiger partial charge in [0.05, 0.1) is 11.2 Å². The third-order valence-corrected chi connectivity index (χ3v) is 6.27. The Balaban J connectivity index is 1.44. The molecule has 29 heavy (non-hydrogen) atoms. The number of piperidine rings is 1. The highest BCUT2D eigenvalue weighted by Crippen LogP contribution is 2.41. The topological polar surface area (TPSA) is 40.5 Å². The molecule has 3 nitrogen and oxygen atoms in total. The minimum absolute atomic E-state index is 0.0324. The highest BCUT2D eigenvalue weighted by atomic mass is 19.4. The van der Waals surface area contributed by atoms with Crippen LogP contribution in [0.1, 0.15) is 65.1 Å². The Hall–Kier alpha value is -2.34. The van der Waals surface area contributed by atoms with Crippen LogP contribution >= 0.6 is 0 Å². The van der Waals surface area contributed by atoms with E-state index in [2.05, 4.69) is 0 Å². The van der Waals surface area contributed by atoms with Gasteiger partial charge in [-0.15, -0.1) is 0 Å². The SMILES string of the molecule is O=C(c1ccc(C2(O)CCC2)cc1)N1CCCC(c2ccc(C(F)(F)F)cc2)C1. The molecule has 1 N–H and O–H groups in total. The molecule has 2 aliphatic rings. The van der Waals surface area contributed by atoms with Gasteiger partial charge in [0.2, 0.25) is 0 Å². The standard InChI is InChI=1S/C23H24F3NO2/c24-23(25,26)20-10-4-16(5-11-20)18-3-1-14-27(15-18)21(28)17-6-8-19(9-7-17)22(29)12-2-13-22/h4-11,18,29H,1-3,12-15H2. The van der Waals surface area contributed by atoms with Crippen molar-refractivity contribution in [3.63, 3.8) is 0 Å². The Bertz CT molecular complexity index is 870. The average Bonchev–Trinajstić information content (AvgIpc) is 2.71. The molecule has 1 atom stereocenters. The Kier molecular flexibility index (Phi) is 5.15. The van der Waals surface area contributed by atoms with Gasteiger partial charge >= 0.3 is 6.18 Å². The summed E-state index contributed by atoms with van der Waals surface area (Å²) in [5, 5.41) is 10.4. The summed E-state index contributed by atoms with van der Waals surface area (Å²) < 4.78 is 38.3. The lowest BCUT2D eigenvalue weighted by Gasteiger charge is -2.37. The molecule has 0 spiro atoms. The minimum atomic E-state index is -4.34. The number of aliphatic hydroxyl groups is 1. The van der Waals surface area contributed by atoms with E-state index in [9.17, 15) is 23.1 Å². The van der Waals surface area contributed by atoms with Crippen LogP contribution in [0.25, 0.3) is 0 Å². The van der Waals surface area contributed by atoms with Gasteiger partial charge < -0.3 is 10.0 Å². The van der Waals surface area contributed by atoms with Gasteiger partial charge in [-0.05, 0) is 67.5 Å². The second-order valence-electron chi connectivity index (χ2n) is 8.17. The molecule has 1 aliphatic carbocycles. The number of alkyl halides is 3. The average molecular weight is 403 g/mol. The van der Waals surface area contributed by atoms with Crippen molar-refractivity contribution in [2.45, 2.75) is 49.8 Å². The number of hydrogen-bond acceptors (Lipinski definition) is 2. The lowest BCUT2D eigenvalue weighted by molar-refractivity contribution is -0.137. The predicted molar refractivity (Wildman–Crippen MR) is 104 cm³/mol. The molecule has 6 heteroatoms. The van der Waals surface area contributed by atoms with Gasteiger partial charge in [0.1, 0.15) is 0 Å². The van der Waals surface area contributed by atoms with Crippen molar-refractivity contribution in [2.75, 3.05) is 13.1 Å². The van der Waals surface area contributed by atoms with Crippen molar-refractivity contribution in [1.82, 2.24) is 4.90 Å². The molecule has 1 saturated carbocycles. The number of carbonyl (C=O) groups excluding carboxylic acids is 1. The first-order chi connectivity index (χ1) is 13.8. The monoisotopic (exact) mass is 403 g/mol. The summed E-state index contributed by atoms with van der Waals surface area (Å²) in [6.07, 6.45) is -0.166. The van der Waals surface area contributed by atoms with Gasteiger partial charge in [-0.2, -0.15) is 13.2 Å². The van der Waals surface area contributed by atoms with Gasteiger partial charge in [0.15, 0.2) is 0 Å². The van der Waals surface area contributed by atoms with Gasteiger partial charge in [-0.25, -0.2) is 0 Å². The number of carbonyl (C=O) groups is 1. The van der Waals surface area contributed by atoms with Gasteiger partial charge in [-0.1, -0.05) is 24.3 Å². The Morgan fingerprint density at radius 1 is 1.00 bits per heavy atom. The molecule has 0 aromatic heterocycles. The first-order valence-electron chi connectivity index (χ1n) is 10.1. The smallest absolute Gasteiger partial charge is 0.385 e. The first kappa shape index (κ1) is 20.0. The van der Waals surface area contributed by atoms with Crippen LogP contribution in [-0.2, 0) is 11.8 Å². The zero-order valence-electron chi connectivity index (χ0n) is 16.1. The summed E-state index contributed by atoms with van der Waals surface area (Å²) in [6, 6.07) is 12.4. The predicted octanol–water partition coefficient (Wildman–Crippen LogP) is 5.10. The van der Waals surface area contributed by atoms with Crippen LogP contribution in [0, 0.1) is 0 Å². The minimum Gasteiger partial charge on any atom is -0.385 e. The Morgan fingerprint density at radius 3 is 2.21 bits per heavy atom. The largest absolute Gasteiger partial charge is 0.416 e. The summed E-state index contributed by atoms with van der Waals surface area (Å²) in [6.45, 7) is 1.14. The zero-order valence-corrected chi connectivity index (χ0v) is 16.1. The quantitative estimate of drug-likeness (QED) is 0.775. The van der Waals surface area contributed by atoms with Crippen LogP contribution in [0.5, 0.6) is 0 Å². The number of likely N-dealkylation sites (tertiary alicyclic amines) is 1. The molecule has 0 radical (unpaired) electrons. The number of halogens is 3. The first-order valence-corrected chi connectivity index (χ1v) is 10.1. The van der Waals surface area contributed by atoms with E-state index >= 15 is 0 Å². The number of benzene rings is 2. The van der Waals surface area contributed by atoms with Gasteiger partial charge in [0.25, 0.3) is 5.91 Å². The molecule has 4 rings (SSSR count). The highest BCUT2D eigenvalue weighted by Gasteiger charge is 2.36. The maximum atomic E-state index is 12.9. The van der Waals surface area contributed by atoms with Crippen LogP contribution in [-0.4, -0.2) is 29.0 Å². The van der Waals surface area contributed by atoms with Crippen LogP contribution in [0.15, 0.2) is 48.5 Å². The zero-order chi connectivity index (χ0) is 20.6. The molecule has 1 amide bonds. The third kappa shape index (κ3) is 4.04. The Morgan fingerprint density at radius 2 is 1.66 bits per heavy atom. The molecule has 2 fully saturated rings. The molecule has 1 unspecified atom stereocenters. The van der Waals surface area contributed by atoms with E-state index in [0.29, 0.717) is 18.7 Å². The van der Waals surface area contributed by atoms with Gasteiger partial charge in [-0.3, -0.25) is 4.79 Å². The van der Waals surface area contributed by atoms with Crippen LogP contribution in [0.4, 0.5) is 13.2 Å². The molecule has 1 aliphatic heterocycles. The molecule has 0 bridgehead atoms. The molecule has 2 aromatic rings. The van der Waals surface area contributed by atoms with Crippen molar-refractivity contribution in [1.29, 1.82) is 0 Å².